The molecule has 2 atom stereocenters. The van der Waals surface area contributed by atoms with E-state index in [0.717, 1.165) is 12.2 Å². The van der Waals surface area contributed by atoms with Crippen molar-refractivity contribution in [3.63, 3.8) is 0 Å². The first-order chi connectivity index (χ1) is 7.15. The summed E-state index contributed by atoms with van der Waals surface area (Å²) < 4.78 is 5.60. The maximum Gasteiger partial charge on any atom is 0.122 e. The van der Waals surface area contributed by atoms with E-state index >= 15 is 0 Å². The minimum atomic E-state index is 0.231. The number of nitrogens with two attached hydrogens (primary N) is 1. The Morgan fingerprint density at radius 3 is 2.53 bits per heavy atom. The summed E-state index contributed by atoms with van der Waals surface area (Å²) in [6, 6.07) is 8.44. The van der Waals surface area contributed by atoms with Crippen LogP contribution in [-0.2, 0) is 0 Å². The lowest BCUT2D eigenvalue weighted by Gasteiger charge is -2.17. The van der Waals surface area contributed by atoms with Crippen molar-refractivity contribution in [2.75, 3.05) is 6.61 Å². The van der Waals surface area contributed by atoms with Crippen LogP contribution in [0.1, 0.15) is 38.7 Å². The molecule has 2 heteroatoms. The fraction of sp³-hybridized carbons (Fsp3) is 0.538. The largest absolute Gasteiger partial charge is 0.494 e. The van der Waals surface area contributed by atoms with Crippen molar-refractivity contribution in [3.05, 3.63) is 29.8 Å². The van der Waals surface area contributed by atoms with Gasteiger partial charge in [-0.15, -0.1) is 0 Å². The molecule has 1 aromatic carbocycles. The normalized spacial score (nSPS) is 14.7. The van der Waals surface area contributed by atoms with Gasteiger partial charge < -0.3 is 10.5 Å². The molecule has 1 aromatic rings. The molecule has 0 aliphatic rings. The van der Waals surface area contributed by atoms with Gasteiger partial charge in [0.25, 0.3) is 0 Å². The third-order valence-electron chi connectivity index (χ3n) is 2.48. The smallest absolute Gasteiger partial charge is 0.122 e. The summed E-state index contributed by atoms with van der Waals surface area (Å²) in [5, 5.41) is 0. The standard InChI is InChI=1S/C13H21NO/c1-4-15-13-8-6-5-7-12(13)10(2)9-11(3)14/h5-8,10-11H,4,9,14H2,1-3H3. The Labute approximate surface area is 92.4 Å². The van der Waals surface area contributed by atoms with Gasteiger partial charge in [-0.05, 0) is 37.8 Å². The number of hydrogen-bond acceptors (Lipinski definition) is 2. The minimum Gasteiger partial charge on any atom is -0.494 e. The SMILES string of the molecule is CCOc1ccccc1C(C)CC(C)N. The molecule has 0 amide bonds. The van der Waals surface area contributed by atoms with Crippen molar-refractivity contribution in [1.82, 2.24) is 0 Å². The highest BCUT2D eigenvalue weighted by atomic mass is 16.5. The van der Waals surface area contributed by atoms with E-state index in [2.05, 4.69) is 19.1 Å². The zero-order valence-corrected chi connectivity index (χ0v) is 9.86. The average molecular weight is 207 g/mol. The Morgan fingerprint density at radius 1 is 1.27 bits per heavy atom. The number of hydrogen-bond donors (Lipinski definition) is 1. The molecule has 0 aliphatic carbocycles. The van der Waals surface area contributed by atoms with E-state index in [1.165, 1.54) is 5.56 Å². The molecule has 0 aliphatic heterocycles. The summed E-state index contributed by atoms with van der Waals surface area (Å²) in [6.45, 7) is 6.95. The average Bonchev–Trinajstić information content (AvgIpc) is 2.18. The summed E-state index contributed by atoms with van der Waals surface area (Å²) in [5.41, 5.74) is 7.07. The van der Waals surface area contributed by atoms with Crippen LogP contribution in [0.5, 0.6) is 5.75 Å². The Balaban J connectivity index is 2.81. The summed E-state index contributed by atoms with van der Waals surface area (Å²) in [7, 11) is 0. The Kier molecular flexibility index (Phi) is 4.63. The predicted molar refractivity (Wildman–Crippen MR) is 64.3 cm³/mol. The van der Waals surface area contributed by atoms with Crippen LogP contribution < -0.4 is 10.5 Å². The van der Waals surface area contributed by atoms with E-state index in [0.29, 0.717) is 12.5 Å². The van der Waals surface area contributed by atoms with Gasteiger partial charge in [-0.25, -0.2) is 0 Å². The molecule has 0 spiro atoms. The first-order valence-electron chi connectivity index (χ1n) is 5.62. The highest BCUT2D eigenvalue weighted by Crippen LogP contribution is 2.29. The lowest BCUT2D eigenvalue weighted by molar-refractivity contribution is 0.333. The van der Waals surface area contributed by atoms with E-state index in [1.54, 1.807) is 0 Å². The maximum absolute atomic E-state index is 5.81. The number of para-hydroxylation sites is 1. The molecule has 2 unspecified atom stereocenters. The van der Waals surface area contributed by atoms with Gasteiger partial charge >= 0.3 is 0 Å². The van der Waals surface area contributed by atoms with Crippen molar-refractivity contribution in [2.45, 2.75) is 39.2 Å². The third kappa shape index (κ3) is 3.56. The molecule has 84 valence electrons. The molecular formula is C13H21NO. The second-order valence-corrected chi connectivity index (χ2v) is 4.08. The monoisotopic (exact) mass is 207 g/mol. The first-order valence-corrected chi connectivity index (χ1v) is 5.62. The lowest BCUT2D eigenvalue weighted by atomic mass is 9.94. The summed E-state index contributed by atoms with van der Waals surface area (Å²) >= 11 is 0. The van der Waals surface area contributed by atoms with Gasteiger partial charge in [-0.2, -0.15) is 0 Å². The molecule has 0 heterocycles. The van der Waals surface area contributed by atoms with Crippen LogP contribution in [0, 0.1) is 0 Å². The second kappa shape index (κ2) is 5.76. The van der Waals surface area contributed by atoms with Crippen molar-refractivity contribution in [2.24, 2.45) is 5.73 Å². The van der Waals surface area contributed by atoms with Gasteiger partial charge in [0.05, 0.1) is 6.61 Å². The van der Waals surface area contributed by atoms with E-state index in [9.17, 15) is 0 Å². The number of rotatable bonds is 5. The van der Waals surface area contributed by atoms with E-state index < -0.39 is 0 Å². The van der Waals surface area contributed by atoms with E-state index in [4.69, 9.17) is 10.5 Å². The Morgan fingerprint density at radius 2 is 1.93 bits per heavy atom. The fourth-order valence-electron chi connectivity index (χ4n) is 1.86. The van der Waals surface area contributed by atoms with Gasteiger partial charge in [0.1, 0.15) is 5.75 Å². The fourth-order valence-corrected chi connectivity index (χ4v) is 1.86. The Bertz CT molecular complexity index is 296. The maximum atomic E-state index is 5.81. The van der Waals surface area contributed by atoms with Gasteiger partial charge in [-0.3, -0.25) is 0 Å². The van der Waals surface area contributed by atoms with Crippen molar-refractivity contribution >= 4 is 0 Å². The molecule has 0 saturated heterocycles. The van der Waals surface area contributed by atoms with Gasteiger partial charge in [0.15, 0.2) is 0 Å². The highest BCUT2D eigenvalue weighted by Gasteiger charge is 2.12. The molecule has 1 rings (SSSR count). The molecule has 0 aromatic heterocycles. The zero-order chi connectivity index (χ0) is 11.3. The van der Waals surface area contributed by atoms with Gasteiger partial charge in [-0.1, -0.05) is 25.1 Å². The van der Waals surface area contributed by atoms with Crippen LogP contribution in [0.2, 0.25) is 0 Å². The summed E-state index contributed by atoms with van der Waals surface area (Å²) in [4.78, 5) is 0. The van der Waals surface area contributed by atoms with E-state index in [1.807, 2.05) is 26.0 Å². The molecule has 0 fully saturated rings. The molecular weight excluding hydrogens is 186 g/mol. The van der Waals surface area contributed by atoms with Crippen LogP contribution in [0.15, 0.2) is 24.3 Å². The molecule has 2 nitrogen and oxygen atoms in total. The lowest BCUT2D eigenvalue weighted by Crippen LogP contribution is -2.17. The number of ether oxygens (including phenoxy) is 1. The van der Waals surface area contributed by atoms with Gasteiger partial charge in [0.2, 0.25) is 0 Å². The van der Waals surface area contributed by atoms with Crippen LogP contribution in [0.3, 0.4) is 0 Å². The molecule has 15 heavy (non-hydrogen) atoms. The predicted octanol–water partition coefficient (Wildman–Crippen LogP) is 2.93. The van der Waals surface area contributed by atoms with Crippen molar-refractivity contribution in [1.29, 1.82) is 0 Å². The first kappa shape index (κ1) is 12.1. The molecule has 2 N–H and O–H groups in total. The van der Waals surface area contributed by atoms with Crippen LogP contribution in [0.4, 0.5) is 0 Å². The third-order valence-corrected chi connectivity index (χ3v) is 2.48. The molecule has 0 bridgehead atoms. The quantitative estimate of drug-likeness (QED) is 0.805. The topological polar surface area (TPSA) is 35.2 Å². The highest BCUT2D eigenvalue weighted by molar-refractivity contribution is 5.35. The number of benzene rings is 1. The van der Waals surface area contributed by atoms with Crippen molar-refractivity contribution in [3.8, 4) is 5.75 Å². The van der Waals surface area contributed by atoms with E-state index in [-0.39, 0.29) is 6.04 Å². The Hall–Kier alpha value is -1.02. The van der Waals surface area contributed by atoms with Crippen LogP contribution >= 0.6 is 0 Å². The zero-order valence-electron chi connectivity index (χ0n) is 9.86. The van der Waals surface area contributed by atoms with Crippen LogP contribution in [-0.4, -0.2) is 12.6 Å². The summed E-state index contributed by atoms with van der Waals surface area (Å²) in [6.07, 6.45) is 0.990. The molecule has 0 radical (unpaired) electrons. The second-order valence-electron chi connectivity index (χ2n) is 4.08. The summed E-state index contributed by atoms with van der Waals surface area (Å²) in [5.74, 6) is 1.45. The van der Waals surface area contributed by atoms with Crippen LogP contribution in [0.25, 0.3) is 0 Å². The van der Waals surface area contributed by atoms with Crippen molar-refractivity contribution < 1.29 is 4.74 Å². The minimum absolute atomic E-state index is 0.231. The van der Waals surface area contributed by atoms with Gasteiger partial charge in [0, 0.05) is 6.04 Å². The molecule has 0 saturated carbocycles.